The summed E-state index contributed by atoms with van der Waals surface area (Å²) in [5, 5.41) is 13.0. The number of allylic oxidation sites excluding steroid dienone is 1. The van der Waals surface area contributed by atoms with Gasteiger partial charge >= 0.3 is 0 Å². The van der Waals surface area contributed by atoms with E-state index < -0.39 is 0 Å². The summed E-state index contributed by atoms with van der Waals surface area (Å²) in [5.74, 6) is 0.730. The molecule has 7 heteroatoms. The van der Waals surface area contributed by atoms with Gasteiger partial charge in [0, 0.05) is 27.6 Å². The molecule has 0 radical (unpaired) electrons. The molecule has 0 atom stereocenters. The molecule has 0 unspecified atom stereocenters. The van der Waals surface area contributed by atoms with Crippen molar-refractivity contribution in [2.75, 3.05) is 0 Å². The number of nitriles is 1. The van der Waals surface area contributed by atoms with Gasteiger partial charge in [0.25, 0.3) is 0 Å². The lowest BCUT2D eigenvalue weighted by Crippen LogP contribution is -1.83. The molecule has 0 amide bonds. The summed E-state index contributed by atoms with van der Waals surface area (Å²) < 4.78 is 18.9. The van der Waals surface area contributed by atoms with Gasteiger partial charge in [-0.05, 0) is 54.6 Å². The number of thiazole rings is 1. The number of hydrogen-bond donors (Lipinski definition) is 0. The summed E-state index contributed by atoms with van der Waals surface area (Å²) in [5.41, 5.74) is 2.49. The average Bonchev–Trinajstić information content (AvgIpc) is 3.38. The molecule has 0 bridgehead atoms. The lowest BCUT2D eigenvalue weighted by molar-refractivity contribution is 0.572. The van der Waals surface area contributed by atoms with E-state index in [1.807, 2.05) is 5.38 Å². The first-order valence-electron chi connectivity index (χ1n) is 8.42. The highest BCUT2D eigenvalue weighted by molar-refractivity contribution is 7.11. The Balaban J connectivity index is 1.64. The van der Waals surface area contributed by atoms with E-state index in [4.69, 9.17) is 27.6 Å². The lowest BCUT2D eigenvalue weighted by atomic mass is 10.2. The molecule has 142 valence electrons. The summed E-state index contributed by atoms with van der Waals surface area (Å²) in [6.45, 7) is 0. The molecule has 4 aromatic rings. The zero-order chi connectivity index (χ0) is 20.4. The lowest BCUT2D eigenvalue weighted by Gasteiger charge is -2.01. The molecular formula is C22H11Cl2FN2OS. The van der Waals surface area contributed by atoms with E-state index in [2.05, 4.69) is 11.1 Å². The Morgan fingerprint density at radius 1 is 1.10 bits per heavy atom. The first kappa shape index (κ1) is 19.4. The van der Waals surface area contributed by atoms with Gasteiger partial charge in [0.05, 0.1) is 16.3 Å². The maximum absolute atomic E-state index is 13.1. The normalized spacial score (nSPS) is 11.4. The Morgan fingerprint density at radius 2 is 1.90 bits per heavy atom. The van der Waals surface area contributed by atoms with Gasteiger partial charge in [-0.15, -0.1) is 11.3 Å². The third kappa shape index (κ3) is 4.25. The van der Waals surface area contributed by atoms with Crippen molar-refractivity contribution in [1.82, 2.24) is 4.98 Å². The highest BCUT2D eigenvalue weighted by atomic mass is 35.5. The number of benzene rings is 2. The molecule has 0 N–H and O–H groups in total. The summed E-state index contributed by atoms with van der Waals surface area (Å²) in [7, 11) is 0. The summed E-state index contributed by atoms with van der Waals surface area (Å²) in [6, 6.07) is 16.8. The van der Waals surface area contributed by atoms with Crippen LogP contribution in [0.15, 0.2) is 64.4 Å². The van der Waals surface area contributed by atoms with Gasteiger partial charge in [-0.2, -0.15) is 5.26 Å². The maximum atomic E-state index is 13.1. The van der Waals surface area contributed by atoms with Crippen LogP contribution in [0.3, 0.4) is 0 Å². The van der Waals surface area contributed by atoms with E-state index >= 15 is 0 Å². The Morgan fingerprint density at radius 3 is 2.66 bits per heavy atom. The molecule has 0 saturated carbocycles. The number of furan rings is 1. The minimum absolute atomic E-state index is 0.310. The molecule has 2 aromatic heterocycles. The largest absolute Gasteiger partial charge is 0.457 e. The summed E-state index contributed by atoms with van der Waals surface area (Å²) >= 11 is 13.6. The highest BCUT2D eigenvalue weighted by Crippen LogP contribution is 2.33. The number of rotatable bonds is 4. The standard InChI is InChI=1S/C22H11Cl2FN2OS/c23-15-3-7-19(24)18(10-15)21-8-6-17(28-21)9-14(11-26)22-27-20(12-29-22)13-1-4-16(25)5-2-13/h1-10,12H. The first-order chi connectivity index (χ1) is 14.0. The van der Waals surface area contributed by atoms with Crippen molar-refractivity contribution >= 4 is 46.2 Å². The fraction of sp³-hybridized carbons (Fsp3) is 0. The van der Waals surface area contributed by atoms with Gasteiger partial charge in [0.15, 0.2) is 0 Å². The van der Waals surface area contributed by atoms with E-state index in [9.17, 15) is 9.65 Å². The van der Waals surface area contributed by atoms with Crippen molar-refractivity contribution in [2.24, 2.45) is 0 Å². The molecule has 0 aliphatic rings. The predicted octanol–water partition coefficient (Wildman–Crippen LogP) is 7.58. The highest BCUT2D eigenvalue weighted by Gasteiger charge is 2.12. The van der Waals surface area contributed by atoms with E-state index in [1.54, 1.807) is 48.5 Å². The maximum Gasteiger partial charge on any atom is 0.136 e. The number of hydrogen-bond acceptors (Lipinski definition) is 4. The smallest absolute Gasteiger partial charge is 0.136 e. The van der Waals surface area contributed by atoms with E-state index in [1.165, 1.54) is 23.5 Å². The van der Waals surface area contributed by atoms with Gasteiger partial charge in [0.1, 0.15) is 28.4 Å². The monoisotopic (exact) mass is 440 g/mol. The predicted molar refractivity (Wildman–Crippen MR) is 115 cm³/mol. The number of nitrogens with zero attached hydrogens (tertiary/aromatic N) is 2. The van der Waals surface area contributed by atoms with E-state index in [0.29, 0.717) is 43.4 Å². The van der Waals surface area contributed by atoms with Crippen LogP contribution >= 0.6 is 34.5 Å². The molecule has 3 nitrogen and oxygen atoms in total. The number of halogens is 3. The fourth-order valence-corrected chi connectivity index (χ4v) is 3.87. The molecule has 0 saturated heterocycles. The molecule has 0 spiro atoms. The van der Waals surface area contributed by atoms with Gasteiger partial charge in [0.2, 0.25) is 0 Å². The van der Waals surface area contributed by atoms with Gasteiger partial charge in [-0.3, -0.25) is 0 Å². The van der Waals surface area contributed by atoms with E-state index in [-0.39, 0.29) is 5.82 Å². The summed E-state index contributed by atoms with van der Waals surface area (Å²) in [4.78, 5) is 4.49. The molecule has 2 aromatic carbocycles. The third-order valence-corrected chi connectivity index (χ3v) is 5.54. The Labute approximate surface area is 180 Å². The average molecular weight is 441 g/mol. The van der Waals surface area contributed by atoms with Crippen LogP contribution in [0.5, 0.6) is 0 Å². The summed E-state index contributed by atoms with van der Waals surface area (Å²) in [6.07, 6.45) is 1.62. The van der Waals surface area contributed by atoms with Gasteiger partial charge < -0.3 is 4.42 Å². The second kappa shape index (κ2) is 8.22. The van der Waals surface area contributed by atoms with Gasteiger partial charge in [-0.1, -0.05) is 23.2 Å². The van der Waals surface area contributed by atoms with Crippen LogP contribution in [0.1, 0.15) is 10.8 Å². The third-order valence-electron chi connectivity index (χ3n) is 4.10. The molecule has 0 aliphatic carbocycles. The second-order valence-electron chi connectivity index (χ2n) is 6.04. The molecular weight excluding hydrogens is 430 g/mol. The van der Waals surface area contributed by atoms with Crippen molar-refractivity contribution in [3.63, 3.8) is 0 Å². The van der Waals surface area contributed by atoms with Crippen LogP contribution in [0.2, 0.25) is 10.0 Å². The van der Waals surface area contributed by atoms with Crippen molar-refractivity contribution in [2.45, 2.75) is 0 Å². The zero-order valence-electron chi connectivity index (χ0n) is 14.7. The minimum atomic E-state index is -0.310. The number of aromatic nitrogens is 1. The van der Waals surface area contributed by atoms with Crippen LogP contribution in [0.4, 0.5) is 4.39 Å². The van der Waals surface area contributed by atoms with Crippen molar-refractivity contribution < 1.29 is 8.81 Å². The van der Waals surface area contributed by atoms with Crippen LogP contribution in [0, 0.1) is 17.1 Å². The molecule has 2 heterocycles. The molecule has 0 fully saturated rings. The van der Waals surface area contributed by atoms with Crippen molar-refractivity contribution in [1.29, 1.82) is 5.26 Å². The zero-order valence-corrected chi connectivity index (χ0v) is 17.0. The minimum Gasteiger partial charge on any atom is -0.457 e. The second-order valence-corrected chi connectivity index (χ2v) is 7.74. The van der Waals surface area contributed by atoms with Crippen LogP contribution in [0.25, 0.3) is 34.2 Å². The SMILES string of the molecule is N#CC(=Cc1ccc(-c2cc(Cl)ccc2Cl)o1)c1nc(-c2ccc(F)cc2)cs1. The molecule has 0 aliphatic heterocycles. The van der Waals surface area contributed by atoms with Crippen LogP contribution in [-0.2, 0) is 0 Å². The Hall–Kier alpha value is -2.91. The Bertz CT molecular complexity index is 1250. The Kier molecular flexibility index (Phi) is 5.50. The van der Waals surface area contributed by atoms with Gasteiger partial charge in [-0.25, -0.2) is 9.37 Å². The first-order valence-corrected chi connectivity index (χ1v) is 10.1. The molecule has 4 rings (SSSR count). The van der Waals surface area contributed by atoms with Crippen molar-refractivity contribution in [3.8, 4) is 28.7 Å². The quantitative estimate of drug-likeness (QED) is 0.307. The van der Waals surface area contributed by atoms with Crippen molar-refractivity contribution in [3.05, 3.63) is 86.6 Å². The van der Waals surface area contributed by atoms with E-state index in [0.717, 1.165) is 5.56 Å². The van der Waals surface area contributed by atoms with Crippen LogP contribution in [-0.4, -0.2) is 4.98 Å². The fourth-order valence-electron chi connectivity index (χ4n) is 2.70. The molecule has 29 heavy (non-hydrogen) atoms. The van der Waals surface area contributed by atoms with Crippen LogP contribution < -0.4 is 0 Å². The topological polar surface area (TPSA) is 49.8 Å².